The molecule has 0 amide bonds. The zero-order chi connectivity index (χ0) is 11.1. The molecule has 2 aromatic rings. The quantitative estimate of drug-likeness (QED) is 0.886. The van der Waals surface area contributed by atoms with Gasteiger partial charge < -0.3 is 5.32 Å². The van der Waals surface area contributed by atoms with Crippen LogP contribution in [0.5, 0.6) is 0 Å². The summed E-state index contributed by atoms with van der Waals surface area (Å²) in [5.41, 5.74) is 3.19. The van der Waals surface area contributed by atoms with Gasteiger partial charge in [0.2, 0.25) is 0 Å². The third-order valence-electron chi connectivity index (χ3n) is 3.01. The molecule has 2 aromatic heterocycles. The Labute approximate surface area is 99.4 Å². The summed E-state index contributed by atoms with van der Waals surface area (Å²) in [5, 5.41) is 3.94. The van der Waals surface area contributed by atoms with E-state index in [2.05, 4.69) is 16.4 Å². The van der Waals surface area contributed by atoms with Crippen LogP contribution >= 0.6 is 11.6 Å². The first-order chi connectivity index (χ1) is 7.81. The fraction of sp³-hybridized carbons (Fsp3) is 0.417. The van der Waals surface area contributed by atoms with Crippen LogP contribution in [0.1, 0.15) is 30.1 Å². The van der Waals surface area contributed by atoms with Crippen LogP contribution in [0.4, 0.5) is 0 Å². The maximum Gasteiger partial charge on any atom is 0.138 e. The summed E-state index contributed by atoms with van der Waals surface area (Å²) in [5.74, 6) is 0.592. The first-order valence-corrected chi connectivity index (χ1v) is 5.99. The number of hydrogen-bond acceptors (Lipinski definition) is 2. The second kappa shape index (κ2) is 3.75. The highest BCUT2D eigenvalue weighted by molar-refractivity contribution is 6.30. The first kappa shape index (κ1) is 10.1. The predicted octanol–water partition coefficient (Wildman–Crippen LogP) is 2.58. The van der Waals surface area contributed by atoms with Crippen LogP contribution in [-0.4, -0.2) is 16.4 Å². The maximum atomic E-state index is 6.41. The molecule has 84 valence electrons. The van der Waals surface area contributed by atoms with Gasteiger partial charge in [-0.15, -0.1) is 0 Å². The van der Waals surface area contributed by atoms with Gasteiger partial charge in [0.25, 0.3) is 0 Å². The van der Waals surface area contributed by atoms with Gasteiger partial charge in [-0.3, -0.25) is 4.40 Å². The van der Waals surface area contributed by atoms with Crippen molar-refractivity contribution >= 4 is 17.2 Å². The normalized spacial score (nSPS) is 15.9. The van der Waals surface area contributed by atoms with Crippen molar-refractivity contribution in [1.82, 2.24) is 14.7 Å². The van der Waals surface area contributed by atoms with Crippen LogP contribution in [0.3, 0.4) is 0 Å². The van der Waals surface area contributed by atoms with Gasteiger partial charge in [-0.25, -0.2) is 4.98 Å². The summed E-state index contributed by atoms with van der Waals surface area (Å²) in [7, 11) is 1.94. The Hall–Kier alpha value is -1.06. The highest BCUT2D eigenvalue weighted by Crippen LogP contribution is 2.43. The Bertz CT molecular complexity index is 528. The lowest BCUT2D eigenvalue weighted by atomic mass is 10.3. The summed E-state index contributed by atoms with van der Waals surface area (Å²) in [6.07, 6.45) is 2.45. The number of imidazole rings is 1. The Morgan fingerprint density at radius 2 is 2.31 bits per heavy atom. The molecule has 1 aliphatic carbocycles. The lowest BCUT2D eigenvalue weighted by molar-refractivity contribution is 0.777. The van der Waals surface area contributed by atoms with Crippen molar-refractivity contribution < 1.29 is 0 Å². The molecule has 1 fully saturated rings. The molecule has 0 atom stereocenters. The van der Waals surface area contributed by atoms with Gasteiger partial charge in [0.1, 0.15) is 10.8 Å². The molecule has 0 unspecified atom stereocenters. The Balaban J connectivity index is 2.20. The monoisotopic (exact) mass is 235 g/mol. The van der Waals surface area contributed by atoms with Crippen molar-refractivity contribution in [3.8, 4) is 0 Å². The number of aromatic nitrogens is 2. The molecule has 1 N–H and O–H groups in total. The number of halogens is 1. The van der Waals surface area contributed by atoms with E-state index in [-0.39, 0.29) is 0 Å². The zero-order valence-electron chi connectivity index (χ0n) is 9.20. The fourth-order valence-electron chi connectivity index (χ4n) is 2.08. The summed E-state index contributed by atoms with van der Waals surface area (Å²) >= 11 is 6.41. The Kier molecular flexibility index (Phi) is 2.37. The topological polar surface area (TPSA) is 29.3 Å². The first-order valence-electron chi connectivity index (χ1n) is 5.61. The molecule has 2 heterocycles. The zero-order valence-corrected chi connectivity index (χ0v) is 9.96. The van der Waals surface area contributed by atoms with Crippen LogP contribution in [-0.2, 0) is 6.54 Å². The van der Waals surface area contributed by atoms with E-state index >= 15 is 0 Å². The number of hydrogen-bond donors (Lipinski definition) is 1. The van der Waals surface area contributed by atoms with Crippen molar-refractivity contribution in [2.45, 2.75) is 25.3 Å². The molecule has 0 aromatic carbocycles. The number of nitrogens with one attached hydrogen (secondary N) is 1. The molecular weight excluding hydrogens is 222 g/mol. The second-order valence-electron chi connectivity index (χ2n) is 4.30. The molecule has 0 radical (unpaired) electrons. The van der Waals surface area contributed by atoms with Crippen LogP contribution in [0.25, 0.3) is 5.65 Å². The van der Waals surface area contributed by atoms with Crippen LogP contribution in [0.2, 0.25) is 5.15 Å². The van der Waals surface area contributed by atoms with Gasteiger partial charge >= 0.3 is 0 Å². The Morgan fingerprint density at radius 1 is 1.50 bits per heavy atom. The highest BCUT2D eigenvalue weighted by Gasteiger charge is 2.29. The number of pyridine rings is 1. The predicted molar refractivity (Wildman–Crippen MR) is 64.9 cm³/mol. The number of fused-ring (bicyclic) bond motifs is 1. The average Bonchev–Trinajstić information content (AvgIpc) is 3.05. The summed E-state index contributed by atoms with van der Waals surface area (Å²) < 4.78 is 2.05. The van der Waals surface area contributed by atoms with Crippen molar-refractivity contribution in [1.29, 1.82) is 0 Å². The number of nitrogens with zero attached hydrogens (tertiary/aromatic N) is 2. The van der Waals surface area contributed by atoms with E-state index in [1.807, 2.05) is 23.6 Å². The van der Waals surface area contributed by atoms with Crippen molar-refractivity contribution in [3.05, 3.63) is 34.7 Å². The van der Waals surface area contributed by atoms with Crippen LogP contribution < -0.4 is 5.32 Å². The molecule has 0 bridgehead atoms. The van der Waals surface area contributed by atoms with Gasteiger partial charge in [-0.2, -0.15) is 0 Å². The minimum Gasteiger partial charge on any atom is -0.314 e. The van der Waals surface area contributed by atoms with Crippen molar-refractivity contribution in [3.63, 3.8) is 0 Å². The highest BCUT2D eigenvalue weighted by atomic mass is 35.5. The van der Waals surface area contributed by atoms with Gasteiger partial charge in [0, 0.05) is 18.2 Å². The second-order valence-corrected chi connectivity index (χ2v) is 4.66. The van der Waals surface area contributed by atoms with Crippen LogP contribution in [0, 0.1) is 0 Å². The van der Waals surface area contributed by atoms with E-state index in [1.165, 1.54) is 12.8 Å². The molecule has 3 nitrogen and oxygen atoms in total. The van der Waals surface area contributed by atoms with Crippen molar-refractivity contribution in [2.75, 3.05) is 7.05 Å². The molecule has 4 heteroatoms. The van der Waals surface area contributed by atoms with Gasteiger partial charge in [0.05, 0.1) is 5.69 Å². The van der Waals surface area contributed by atoms with E-state index in [0.29, 0.717) is 5.92 Å². The van der Waals surface area contributed by atoms with E-state index < -0.39 is 0 Å². The van der Waals surface area contributed by atoms with E-state index in [4.69, 9.17) is 11.6 Å². The molecule has 3 rings (SSSR count). The average molecular weight is 236 g/mol. The van der Waals surface area contributed by atoms with Crippen LogP contribution in [0.15, 0.2) is 18.2 Å². The van der Waals surface area contributed by atoms with Gasteiger partial charge in [-0.1, -0.05) is 17.7 Å². The molecular formula is C12H14ClN3. The molecule has 16 heavy (non-hydrogen) atoms. The lowest BCUT2D eigenvalue weighted by Crippen LogP contribution is -2.09. The largest absolute Gasteiger partial charge is 0.314 e. The van der Waals surface area contributed by atoms with Crippen molar-refractivity contribution in [2.24, 2.45) is 0 Å². The third-order valence-corrected chi connectivity index (χ3v) is 3.38. The molecule has 0 saturated heterocycles. The van der Waals surface area contributed by atoms with E-state index in [1.54, 1.807) is 0 Å². The minimum atomic E-state index is 0.592. The van der Waals surface area contributed by atoms with E-state index in [9.17, 15) is 0 Å². The number of rotatable bonds is 3. The van der Waals surface area contributed by atoms with Gasteiger partial charge in [0.15, 0.2) is 0 Å². The summed E-state index contributed by atoms with van der Waals surface area (Å²) in [4.78, 5) is 4.62. The minimum absolute atomic E-state index is 0.592. The van der Waals surface area contributed by atoms with Gasteiger partial charge in [-0.05, 0) is 32.0 Å². The molecule has 1 saturated carbocycles. The maximum absolute atomic E-state index is 6.41. The standard InChI is InChI=1S/C12H14ClN3/c1-14-7-9-3-2-4-10-15-11(8-5-6-8)12(13)16(9)10/h2-4,8,14H,5-7H2,1H3. The van der Waals surface area contributed by atoms with E-state index in [0.717, 1.165) is 28.7 Å². The lowest BCUT2D eigenvalue weighted by Gasteiger charge is -2.05. The molecule has 0 spiro atoms. The SMILES string of the molecule is CNCc1cccc2nc(C3CC3)c(Cl)n12. The molecule has 0 aliphatic heterocycles. The summed E-state index contributed by atoms with van der Waals surface area (Å²) in [6.45, 7) is 0.803. The smallest absolute Gasteiger partial charge is 0.138 e. The third kappa shape index (κ3) is 1.51. The molecule has 1 aliphatic rings. The Morgan fingerprint density at radius 3 is 3.00 bits per heavy atom. The fourth-order valence-corrected chi connectivity index (χ4v) is 2.47. The summed E-state index contributed by atoms with van der Waals surface area (Å²) in [6, 6.07) is 6.12.